The van der Waals surface area contributed by atoms with Crippen molar-refractivity contribution in [1.29, 1.82) is 0 Å². The number of nitrogens with two attached hydrogens (primary N) is 1. The molecule has 0 saturated heterocycles. The van der Waals surface area contributed by atoms with Gasteiger partial charge in [0.2, 0.25) is 11.8 Å². The third kappa shape index (κ3) is 13.4. The number of hydrogen-bond donors (Lipinski definition) is 6. The van der Waals surface area contributed by atoms with Gasteiger partial charge in [-0.25, -0.2) is 14.8 Å². The second kappa shape index (κ2) is 21.9. The zero-order valence-corrected chi connectivity index (χ0v) is 33.7. The van der Waals surface area contributed by atoms with Gasteiger partial charge in [-0.3, -0.25) is 29.9 Å². The van der Waals surface area contributed by atoms with Crippen molar-refractivity contribution in [1.82, 2.24) is 31.4 Å². The van der Waals surface area contributed by atoms with Crippen molar-refractivity contribution in [3.8, 4) is 5.75 Å². The van der Waals surface area contributed by atoms with E-state index in [0.717, 1.165) is 22.1 Å². The number of fused-ring (bicyclic) bond motifs is 1. The molecule has 15 nitrogen and oxygen atoms in total. The molecule has 5 aromatic rings. The number of para-hydroxylation sites is 1. The van der Waals surface area contributed by atoms with Gasteiger partial charge in [0.25, 0.3) is 11.8 Å². The largest absolute Gasteiger partial charge is 0.489 e. The molecule has 2 unspecified atom stereocenters. The summed E-state index contributed by atoms with van der Waals surface area (Å²) in [4.78, 5) is 69.4. The standard InChI is InChI=1S/C45H51N7O8/c1-29(2)41(50-45(58)59-3)44(57)51-52(26-31-18-21-34(22-19-31)60-28-32-14-8-5-9-15-32)27-39(53)38(24-30-12-6-4-7-13-30)48-42(55)35(46)25-40(54)49-43(56)37-23-20-33-16-10-11-17-36(33)47-37/h4-23,29,35,38-39,41,53H,24-28,46H2,1-3H3,(H,48,55)(H,50,58)(H,51,57)(H,49,54,56)/t35-,38?,39?,41-/m0/s1. The average Bonchev–Trinajstić information content (AvgIpc) is 3.25. The van der Waals surface area contributed by atoms with Crippen LogP contribution in [-0.4, -0.2) is 82.7 Å². The van der Waals surface area contributed by atoms with Gasteiger partial charge >= 0.3 is 6.09 Å². The fourth-order valence-corrected chi connectivity index (χ4v) is 6.27. The first-order chi connectivity index (χ1) is 28.9. The van der Waals surface area contributed by atoms with Crippen LogP contribution in [0.4, 0.5) is 4.79 Å². The molecule has 0 fully saturated rings. The van der Waals surface area contributed by atoms with Crippen molar-refractivity contribution >= 4 is 40.6 Å². The van der Waals surface area contributed by atoms with Gasteiger partial charge in [0, 0.05) is 18.5 Å². The number of nitrogens with zero attached hydrogens (tertiary/aromatic N) is 2. The van der Waals surface area contributed by atoms with Crippen LogP contribution in [0.25, 0.3) is 10.9 Å². The van der Waals surface area contributed by atoms with E-state index >= 15 is 0 Å². The number of methoxy groups -OCH3 is 1. The molecule has 60 heavy (non-hydrogen) atoms. The fraction of sp³-hybridized carbons (Fsp3) is 0.289. The molecule has 0 bridgehead atoms. The highest BCUT2D eigenvalue weighted by atomic mass is 16.5. The topological polar surface area (TPSA) is 214 Å². The molecule has 0 radical (unpaired) electrons. The summed E-state index contributed by atoms with van der Waals surface area (Å²) < 4.78 is 10.7. The Morgan fingerprint density at radius 1 is 0.767 bits per heavy atom. The van der Waals surface area contributed by atoms with Gasteiger partial charge in [0.15, 0.2) is 0 Å². The molecular formula is C45H51N7O8. The van der Waals surface area contributed by atoms with E-state index in [4.69, 9.17) is 15.2 Å². The number of ether oxygens (including phenoxy) is 2. The number of amides is 5. The number of imide groups is 1. The van der Waals surface area contributed by atoms with Crippen LogP contribution in [0.15, 0.2) is 121 Å². The van der Waals surface area contributed by atoms with E-state index in [1.165, 1.54) is 18.2 Å². The molecule has 7 N–H and O–H groups in total. The maximum absolute atomic E-state index is 13.7. The molecular weight excluding hydrogens is 767 g/mol. The smallest absolute Gasteiger partial charge is 0.407 e. The van der Waals surface area contributed by atoms with E-state index in [0.29, 0.717) is 17.9 Å². The summed E-state index contributed by atoms with van der Waals surface area (Å²) in [5.74, 6) is -2.54. The van der Waals surface area contributed by atoms with Gasteiger partial charge in [-0.15, -0.1) is 0 Å². The summed E-state index contributed by atoms with van der Waals surface area (Å²) in [5, 5.41) is 21.7. The van der Waals surface area contributed by atoms with Crippen LogP contribution in [0.5, 0.6) is 5.75 Å². The molecule has 5 amide bonds. The van der Waals surface area contributed by atoms with Crippen molar-refractivity contribution < 1.29 is 38.6 Å². The minimum Gasteiger partial charge on any atom is -0.489 e. The van der Waals surface area contributed by atoms with Gasteiger partial charge in [-0.05, 0) is 53.3 Å². The average molecular weight is 818 g/mol. The van der Waals surface area contributed by atoms with Crippen LogP contribution in [0, 0.1) is 5.92 Å². The van der Waals surface area contributed by atoms with E-state index < -0.39 is 60.4 Å². The number of alkyl carbamates (subject to hydrolysis) is 1. The molecule has 15 heteroatoms. The Labute approximate surface area is 348 Å². The van der Waals surface area contributed by atoms with E-state index in [1.807, 2.05) is 84.9 Å². The summed E-state index contributed by atoms with van der Waals surface area (Å²) in [6.45, 7) is 3.82. The van der Waals surface area contributed by atoms with Crippen LogP contribution < -0.4 is 31.8 Å². The summed E-state index contributed by atoms with van der Waals surface area (Å²) in [7, 11) is 1.20. The number of hydrogen-bond acceptors (Lipinski definition) is 11. The Balaban J connectivity index is 1.29. The fourth-order valence-electron chi connectivity index (χ4n) is 6.27. The van der Waals surface area contributed by atoms with E-state index in [9.17, 15) is 29.1 Å². The number of pyridine rings is 1. The molecule has 0 saturated carbocycles. The van der Waals surface area contributed by atoms with E-state index in [1.54, 1.807) is 44.2 Å². The number of carbonyl (C=O) groups excluding carboxylic acids is 5. The third-order valence-electron chi connectivity index (χ3n) is 9.55. The Morgan fingerprint density at radius 2 is 1.42 bits per heavy atom. The van der Waals surface area contributed by atoms with Crippen LogP contribution in [0.3, 0.4) is 0 Å². The van der Waals surface area contributed by atoms with Crippen molar-refractivity contribution in [2.45, 2.75) is 64.1 Å². The van der Waals surface area contributed by atoms with Crippen LogP contribution in [0.1, 0.15) is 47.4 Å². The second-order valence-corrected chi connectivity index (χ2v) is 14.6. The highest BCUT2D eigenvalue weighted by Crippen LogP contribution is 2.17. The molecule has 0 aliphatic rings. The lowest BCUT2D eigenvalue weighted by atomic mass is 10.00. The first kappa shape index (κ1) is 44.4. The van der Waals surface area contributed by atoms with Crippen molar-refractivity contribution in [3.05, 3.63) is 144 Å². The summed E-state index contributed by atoms with van der Waals surface area (Å²) >= 11 is 0. The van der Waals surface area contributed by atoms with Gasteiger partial charge in [0.1, 0.15) is 24.1 Å². The first-order valence-corrected chi connectivity index (χ1v) is 19.5. The monoisotopic (exact) mass is 817 g/mol. The van der Waals surface area contributed by atoms with Gasteiger partial charge in [-0.2, -0.15) is 0 Å². The Morgan fingerprint density at radius 3 is 2.08 bits per heavy atom. The normalized spacial score (nSPS) is 13.1. The zero-order valence-electron chi connectivity index (χ0n) is 33.7. The quantitative estimate of drug-likeness (QED) is 0.0660. The lowest BCUT2D eigenvalue weighted by Crippen LogP contribution is -2.58. The van der Waals surface area contributed by atoms with Gasteiger partial charge in [0.05, 0.1) is 37.2 Å². The number of carbonyl (C=O) groups is 5. The summed E-state index contributed by atoms with van der Waals surface area (Å²) in [6.07, 6.45) is -2.47. The summed E-state index contributed by atoms with van der Waals surface area (Å²) in [5.41, 5.74) is 12.2. The number of rotatable bonds is 19. The number of hydrazine groups is 1. The zero-order chi connectivity index (χ0) is 43.0. The predicted molar refractivity (Wildman–Crippen MR) is 225 cm³/mol. The van der Waals surface area contributed by atoms with Gasteiger partial charge < -0.3 is 30.9 Å². The Kier molecular flexibility index (Phi) is 16.2. The van der Waals surface area contributed by atoms with Crippen LogP contribution >= 0.6 is 0 Å². The predicted octanol–water partition coefficient (Wildman–Crippen LogP) is 3.79. The maximum Gasteiger partial charge on any atom is 0.407 e. The van der Waals surface area contributed by atoms with Crippen molar-refractivity contribution in [2.24, 2.45) is 11.7 Å². The molecule has 0 spiro atoms. The molecule has 1 aromatic heterocycles. The number of aliphatic hydroxyl groups is 1. The number of aromatic nitrogens is 1. The number of nitrogens with one attached hydrogen (secondary N) is 4. The van der Waals surface area contributed by atoms with Crippen LogP contribution in [0.2, 0.25) is 0 Å². The SMILES string of the molecule is COC(=O)N[C@H](C(=O)NN(Cc1ccc(OCc2ccccc2)cc1)CC(O)C(Cc1ccccc1)NC(=O)[C@@H](N)CC(=O)NC(=O)c1ccc2ccccc2n1)C(C)C. The third-order valence-corrected chi connectivity index (χ3v) is 9.55. The molecule has 4 atom stereocenters. The maximum atomic E-state index is 13.7. The highest BCUT2D eigenvalue weighted by molar-refractivity contribution is 6.05. The van der Waals surface area contributed by atoms with Crippen molar-refractivity contribution in [3.63, 3.8) is 0 Å². The Bertz CT molecular complexity index is 2210. The minimum absolute atomic E-state index is 0.0240. The Hall–Kier alpha value is -6.68. The molecule has 0 aliphatic carbocycles. The minimum atomic E-state index is -1.39. The van der Waals surface area contributed by atoms with E-state index in [-0.39, 0.29) is 31.1 Å². The first-order valence-electron chi connectivity index (χ1n) is 19.5. The number of benzene rings is 4. The molecule has 4 aromatic carbocycles. The molecule has 0 aliphatic heterocycles. The lowest BCUT2D eigenvalue weighted by molar-refractivity contribution is -0.131. The van der Waals surface area contributed by atoms with Crippen LogP contribution in [-0.2, 0) is 38.7 Å². The number of aliphatic hydroxyl groups excluding tert-OH is 1. The van der Waals surface area contributed by atoms with E-state index in [2.05, 4.69) is 26.4 Å². The molecule has 1 heterocycles. The molecule has 314 valence electrons. The van der Waals surface area contributed by atoms with Crippen molar-refractivity contribution in [2.75, 3.05) is 13.7 Å². The lowest BCUT2D eigenvalue weighted by Gasteiger charge is -2.32. The summed E-state index contributed by atoms with van der Waals surface area (Å²) in [6, 6.07) is 33.2. The van der Waals surface area contributed by atoms with Gasteiger partial charge in [-0.1, -0.05) is 111 Å². The molecule has 5 rings (SSSR count). The highest BCUT2D eigenvalue weighted by Gasteiger charge is 2.31. The second-order valence-electron chi connectivity index (χ2n) is 14.6.